The van der Waals surface area contributed by atoms with Crippen molar-refractivity contribution in [3.05, 3.63) is 63.8 Å². The Morgan fingerprint density at radius 3 is 2.83 bits per heavy atom. The SMILES string of the molecule is O=C(NCc1cccc(Cl)c1)c1cc(Cl)c2cn(CCN3CCOC3=O)nc2c1. The van der Waals surface area contributed by atoms with Gasteiger partial charge in [0.2, 0.25) is 0 Å². The van der Waals surface area contributed by atoms with Gasteiger partial charge in [-0.2, -0.15) is 5.10 Å². The minimum absolute atomic E-state index is 0.247. The van der Waals surface area contributed by atoms with Gasteiger partial charge in [0, 0.05) is 35.3 Å². The van der Waals surface area contributed by atoms with Crippen LogP contribution in [0, 0.1) is 0 Å². The smallest absolute Gasteiger partial charge is 0.410 e. The second-order valence-corrected chi connectivity index (χ2v) is 7.54. The van der Waals surface area contributed by atoms with E-state index in [1.54, 1.807) is 33.8 Å². The number of amides is 2. The monoisotopic (exact) mass is 432 g/mol. The lowest BCUT2D eigenvalue weighted by molar-refractivity contribution is 0.0951. The molecule has 0 aliphatic carbocycles. The number of hydrogen-bond donors (Lipinski definition) is 1. The number of aromatic nitrogens is 2. The first-order valence-corrected chi connectivity index (χ1v) is 9.86. The Morgan fingerprint density at radius 1 is 1.21 bits per heavy atom. The first-order chi connectivity index (χ1) is 14.0. The number of cyclic esters (lactones) is 1. The molecule has 0 radical (unpaired) electrons. The van der Waals surface area contributed by atoms with Gasteiger partial charge in [-0.15, -0.1) is 0 Å². The Hall–Kier alpha value is -2.77. The summed E-state index contributed by atoms with van der Waals surface area (Å²) in [6.07, 6.45) is 1.51. The number of nitrogens with zero attached hydrogens (tertiary/aromatic N) is 3. The van der Waals surface area contributed by atoms with Crippen LogP contribution in [0.1, 0.15) is 15.9 Å². The minimum atomic E-state index is -0.307. The second-order valence-electron chi connectivity index (χ2n) is 6.70. The van der Waals surface area contributed by atoms with E-state index in [2.05, 4.69) is 10.4 Å². The number of ether oxygens (including phenoxy) is 1. The van der Waals surface area contributed by atoms with Crippen molar-refractivity contribution in [2.45, 2.75) is 13.1 Å². The Labute approximate surface area is 177 Å². The number of carbonyl (C=O) groups is 2. The molecule has 0 saturated carbocycles. The summed E-state index contributed by atoms with van der Waals surface area (Å²) in [5, 5.41) is 9.17. The van der Waals surface area contributed by atoms with E-state index in [9.17, 15) is 9.59 Å². The number of halogens is 2. The predicted octanol–water partition coefficient (Wildman–Crippen LogP) is 3.73. The van der Waals surface area contributed by atoms with E-state index in [0.29, 0.717) is 53.9 Å². The third kappa shape index (κ3) is 4.46. The number of fused-ring (bicyclic) bond motifs is 1. The van der Waals surface area contributed by atoms with Crippen LogP contribution in [0.15, 0.2) is 42.6 Å². The molecule has 1 fully saturated rings. The number of rotatable bonds is 6. The van der Waals surface area contributed by atoms with Gasteiger partial charge in [0.05, 0.1) is 23.6 Å². The third-order valence-corrected chi connectivity index (χ3v) is 5.22. The number of benzene rings is 2. The molecule has 29 heavy (non-hydrogen) atoms. The molecule has 0 unspecified atom stereocenters. The summed E-state index contributed by atoms with van der Waals surface area (Å²) < 4.78 is 6.64. The van der Waals surface area contributed by atoms with Crippen LogP contribution in [0.2, 0.25) is 10.0 Å². The molecule has 1 aliphatic rings. The molecule has 3 aromatic rings. The number of nitrogens with one attached hydrogen (secondary N) is 1. The molecule has 2 heterocycles. The number of hydrogen-bond acceptors (Lipinski definition) is 4. The first-order valence-electron chi connectivity index (χ1n) is 9.10. The van der Waals surface area contributed by atoms with Crippen LogP contribution in [0.3, 0.4) is 0 Å². The van der Waals surface area contributed by atoms with Gasteiger partial charge in [-0.3, -0.25) is 9.48 Å². The normalized spacial score (nSPS) is 13.7. The molecule has 1 N–H and O–H groups in total. The van der Waals surface area contributed by atoms with Crippen LogP contribution in [0.5, 0.6) is 0 Å². The molecule has 4 rings (SSSR count). The largest absolute Gasteiger partial charge is 0.448 e. The zero-order valence-electron chi connectivity index (χ0n) is 15.4. The lowest BCUT2D eigenvalue weighted by atomic mass is 10.1. The van der Waals surface area contributed by atoms with E-state index >= 15 is 0 Å². The van der Waals surface area contributed by atoms with Gasteiger partial charge in [-0.25, -0.2) is 4.79 Å². The molecule has 2 amide bonds. The molecule has 7 nitrogen and oxygen atoms in total. The van der Waals surface area contributed by atoms with Gasteiger partial charge >= 0.3 is 6.09 Å². The minimum Gasteiger partial charge on any atom is -0.448 e. The average Bonchev–Trinajstić information content (AvgIpc) is 3.30. The molecule has 9 heteroatoms. The summed E-state index contributed by atoms with van der Waals surface area (Å²) >= 11 is 12.3. The second kappa shape index (κ2) is 8.31. The van der Waals surface area contributed by atoms with Crippen molar-refractivity contribution in [3.63, 3.8) is 0 Å². The summed E-state index contributed by atoms with van der Waals surface area (Å²) in [7, 11) is 0. The molecule has 1 saturated heterocycles. The zero-order chi connectivity index (χ0) is 20.4. The van der Waals surface area contributed by atoms with Crippen molar-refractivity contribution in [1.29, 1.82) is 0 Å². The maximum atomic E-state index is 12.5. The maximum absolute atomic E-state index is 12.5. The molecule has 1 aromatic heterocycles. The van der Waals surface area contributed by atoms with Crippen LogP contribution in [0.4, 0.5) is 4.79 Å². The van der Waals surface area contributed by atoms with Crippen molar-refractivity contribution in [2.75, 3.05) is 19.7 Å². The van der Waals surface area contributed by atoms with Gasteiger partial charge in [0.1, 0.15) is 6.61 Å². The highest BCUT2D eigenvalue weighted by molar-refractivity contribution is 6.35. The van der Waals surface area contributed by atoms with Gasteiger partial charge in [-0.1, -0.05) is 35.3 Å². The van der Waals surface area contributed by atoms with E-state index in [0.717, 1.165) is 10.9 Å². The van der Waals surface area contributed by atoms with Crippen LogP contribution >= 0.6 is 23.2 Å². The van der Waals surface area contributed by atoms with E-state index < -0.39 is 0 Å². The van der Waals surface area contributed by atoms with E-state index in [-0.39, 0.29) is 12.0 Å². The standard InChI is InChI=1S/C20H18Cl2N4O3/c21-15-3-1-2-13(8-15)11-23-19(27)14-9-17(22)16-12-26(24-18(16)10-14)5-4-25-6-7-29-20(25)28/h1-3,8-10,12H,4-7,11H2,(H,23,27). The highest BCUT2D eigenvalue weighted by Gasteiger charge is 2.21. The van der Waals surface area contributed by atoms with Crippen molar-refractivity contribution in [2.24, 2.45) is 0 Å². The molecule has 150 valence electrons. The molecule has 0 spiro atoms. The van der Waals surface area contributed by atoms with Crippen molar-refractivity contribution >= 4 is 46.1 Å². The van der Waals surface area contributed by atoms with Crippen LogP contribution in [0.25, 0.3) is 10.9 Å². The lowest BCUT2D eigenvalue weighted by Gasteiger charge is -2.11. The van der Waals surface area contributed by atoms with Crippen molar-refractivity contribution < 1.29 is 14.3 Å². The van der Waals surface area contributed by atoms with Gasteiger partial charge in [0.25, 0.3) is 5.91 Å². The molecular formula is C20H18Cl2N4O3. The fourth-order valence-corrected chi connectivity index (χ4v) is 3.64. The Kier molecular flexibility index (Phi) is 5.60. The first kappa shape index (κ1) is 19.5. The quantitative estimate of drug-likeness (QED) is 0.643. The van der Waals surface area contributed by atoms with Crippen molar-refractivity contribution in [1.82, 2.24) is 20.0 Å². The highest BCUT2D eigenvalue weighted by Crippen LogP contribution is 2.25. The fraction of sp³-hybridized carbons (Fsp3) is 0.250. The van der Waals surface area contributed by atoms with Gasteiger partial charge in [0.15, 0.2) is 0 Å². The van der Waals surface area contributed by atoms with Crippen molar-refractivity contribution in [3.8, 4) is 0 Å². The summed E-state index contributed by atoms with van der Waals surface area (Å²) in [5.74, 6) is -0.247. The van der Waals surface area contributed by atoms with Crippen LogP contribution < -0.4 is 5.32 Å². The molecule has 0 atom stereocenters. The predicted molar refractivity (Wildman–Crippen MR) is 110 cm³/mol. The van der Waals surface area contributed by atoms with E-state index in [1.165, 1.54) is 0 Å². The Bertz CT molecular complexity index is 1080. The maximum Gasteiger partial charge on any atom is 0.410 e. The van der Waals surface area contributed by atoms with E-state index in [1.807, 2.05) is 18.3 Å². The summed E-state index contributed by atoms with van der Waals surface area (Å²) in [4.78, 5) is 25.7. The van der Waals surface area contributed by atoms with Crippen LogP contribution in [-0.4, -0.2) is 46.4 Å². The van der Waals surface area contributed by atoms with E-state index in [4.69, 9.17) is 27.9 Å². The van der Waals surface area contributed by atoms with Gasteiger partial charge in [-0.05, 0) is 29.8 Å². The Balaban J connectivity index is 1.46. The number of carbonyl (C=O) groups excluding carboxylic acids is 2. The fourth-order valence-electron chi connectivity index (χ4n) is 3.16. The highest BCUT2D eigenvalue weighted by atomic mass is 35.5. The van der Waals surface area contributed by atoms with Gasteiger partial charge < -0.3 is 15.0 Å². The topological polar surface area (TPSA) is 76.5 Å². The average molecular weight is 433 g/mol. The molecule has 0 bridgehead atoms. The summed E-state index contributed by atoms with van der Waals surface area (Å²) in [6.45, 7) is 2.36. The Morgan fingerprint density at radius 2 is 2.07 bits per heavy atom. The molecular weight excluding hydrogens is 415 g/mol. The molecule has 2 aromatic carbocycles. The summed E-state index contributed by atoms with van der Waals surface area (Å²) in [6, 6.07) is 10.6. The zero-order valence-corrected chi connectivity index (χ0v) is 16.9. The summed E-state index contributed by atoms with van der Waals surface area (Å²) in [5.41, 5.74) is 1.95. The lowest BCUT2D eigenvalue weighted by Crippen LogP contribution is -2.28. The third-order valence-electron chi connectivity index (χ3n) is 4.67. The van der Waals surface area contributed by atoms with Crippen LogP contribution in [-0.2, 0) is 17.8 Å². The molecule has 1 aliphatic heterocycles.